The van der Waals surface area contributed by atoms with Crippen LogP contribution in [0.5, 0.6) is 0 Å². The smallest absolute Gasteiger partial charge is 0.382 e. The lowest BCUT2D eigenvalue weighted by Crippen LogP contribution is -2.37. The molecule has 2 unspecified atom stereocenters. The van der Waals surface area contributed by atoms with Crippen LogP contribution in [0.25, 0.3) is 17.1 Å². The van der Waals surface area contributed by atoms with Crippen molar-refractivity contribution in [1.29, 1.82) is 0 Å². The Morgan fingerprint density at radius 3 is 2.52 bits per heavy atom. The van der Waals surface area contributed by atoms with Crippen molar-refractivity contribution in [3.05, 3.63) is 70.3 Å². The molecule has 1 aliphatic carbocycles. The molecule has 2 atom stereocenters. The zero-order chi connectivity index (χ0) is 28.8. The van der Waals surface area contributed by atoms with Crippen LogP contribution < -0.4 is 11.0 Å². The first kappa shape index (κ1) is 27.4. The topological polar surface area (TPSA) is 133 Å². The van der Waals surface area contributed by atoms with E-state index < -0.39 is 48.7 Å². The molecule has 4 aromatic rings. The van der Waals surface area contributed by atoms with Gasteiger partial charge in [-0.2, -0.15) is 13.2 Å². The van der Waals surface area contributed by atoms with Gasteiger partial charge in [0.25, 0.3) is 5.92 Å². The molecule has 1 fully saturated rings. The summed E-state index contributed by atoms with van der Waals surface area (Å²) in [4.78, 5) is 33.3. The number of carbonyl (C=O) groups is 1. The number of rotatable bonds is 8. The number of pyridine rings is 1. The highest BCUT2D eigenvalue weighted by molar-refractivity contribution is 6.30. The minimum Gasteiger partial charge on any atom is -0.382 e. The number of hydrogen-bond acceptors (Lipinski definition) is 7. The Kier molecular flexibility index (Phi) is 6.91. The number of alkyl halides is 5. The van der Waals surface area contributed by atoms with Crippen LogP contribution in [0.1, 0.15) is 12.2 Å². The minimum atomic E-state index is -4.98. The predicted molar refractivity (Wildman–Crippen MR) is 129 cm³/mol. The van der Waals surface area contributed by atoms with E-state index in [4.69, 9.17) is 11.6 Å². The number of hydrogen-bond donors (Lipinski definition) is 2. The Hall–Kier alpha value is -4.18. The molecular weight excluding hydrogens is 567 g/mol. The maximum atomic E-state index is 13.3. The number of anilines is 1. The van der Waals surface area contributed by atoms with E-state index in [1.807, 2.05) is 0 Å². The molecule has 1 amide bonds. The predicted octanol–water partition coefficient (Wildman–Crippen LogP) is 2.91. The molecule has 11 nitrogen and oxygen atoms in total. The third-order valence-electron chi connectivity index (χ3n) is 6.01. The van der Waals surface area contributed by atoms with Gasteiger partial charge in [-0.1, -0.05) is 11.6 Å². The monoisotopic (exact) mass is 584 g/mol. The maximum Gasteiger partial charge on any atom is 0.416 e. The first-order valence-electron chi connectivity index (χ1n) is 11.6. The fourth-order valence-electron chi connectivity index (χ4n) is 3.80. The third kappa shape index (κ3) is 5.58. The lowest BCUT2D eigenvalue weighted by atomic mass is 10.2. The quantitative estimate of drug-likeness (QED) is 0.304. The van der Waals surface area contributed by atoms with Crippen molar-refractivity contribution in [1.82, 2.24) is 34.1 Å². The van der Waals surface area contributed by atoms with Gasteiger partial charge in [-0.05, 0) is 36.4 Å². The van der Waals surface area contributed by atoms with Gasteiger partial charge in [0, 0.05) is 23.2 Å². The molecule has 2 N–H and O–H groups in total. The van der Waals surface area contributed by atoms with E-state index in [-0.39, 0.29) is 35.3 Å². The number of halogens is 6. The molecule has 40 heavy (non-hydrogen) atoms. The van der Waals surface area contributed by atoms with E-state index in [2.05, 4.69) is 25.5 Å². The zero-order valence-corrected chi connectivity index (χ0v) is 20.8. The second-order valence-electron chi connectivity index (χ2n) is 8.92. The number of amides is 1. The molecule has 0 bridgehead atoms. The van der Waals surface area contributed by atoms with Crippen LogP contribution in [0.3, 0.4) is 0 Å². The van der Waals surface area contributed by atoms with E-state index >= 15 is 0 Å². The zero-order valence-electron chi connectivity index (χ0n) is 20.1. The van der Waals surface area contributed by atoms with Gasteiger partial charge in [-0.3, -0.25) is 9.36 Å². The van der Waals surface area contributed by atoms with E-state index in [0.717, 1.165) is 4.68 Å². The van der Waals surface area contributed by atoms with Crippen molar-refractivity contribution in [2.45, 2.75) is 37.7 Å². The van der Waals surface area contributed by atoms with E-state index in [9.17, 15) is 36.6 Å². The first-order valence-corrected chi connectivity index (χ1v) is 11.9. The summed E-state index contributed by atoms with van der Waals surface area (Å²) in [6.07, 6.45) is -5.83. The average Bonchev–Trinajstić information content (AvgIpc) is 3.18. The fourth-order valence-corrected chi connectivity index (χ4v) is 3.92. The van der Waals surface area contributed by atoms with Crippen molar-refractivity contribution in [2.75, 3.05) is 5.32 Å². The molecule has 17 heteroatoms. The lowest BCUT2D eigenvalue weighted by molar-refractivity contribution is -0.207. The normalized spacial score (nSPS) is 17.0. The molecular formula is C23H18ClF5N8O3. The Labute approximate surface area is 225 Å². The van der Waals surface area contributed by atoms with Crippen LogP contribution in [0, 0.1) is 5.92 Å². The summed E-state index contributed by atoms with van der Waals surface area (Å²) in [5, 5.41) is 20.6. The number of aromatic nitrogens is 7. The third-order valence-corrected chi connectivity index (χ3v) is 6.26. The maximum absolute atomic E-state index is 13.3. The minimum absolute atomic E-state index is 0.000585. The Balaban J connectivity index is 1.43. The van der Waals surface area contributed by atoms with Gasteiger partial charge in [0.2, 0.25) is 5.91 Å². The van der Waals surface area contributed by atoms with Gasteiger partial charge in [-0.25, -0.2) is 32.9 Å². The SMILES string of the molecule is O=C(Nc1ncccc1-n1cnc(Cn2nc(-c3ccc(Cl)cc3)n(CC(O)C(F)(F)F)c2=O)n1)C1CC1(F)F. The van der Waals surface area contributed by atoms with Crippen molar-refractivity contribution >= 4 is 23.3 Å². The van der Waals surface area contributed by atoms with Crippen LogP contribution in [0.2, 0.25) is 5.02 Å². The number of nitrogens with one attached hydrogen (secondary N) is 1. The van der Waals surface area contributed by atoms with Crippen LogP contribution in [-0.2, 0) is 17.9 Å². The molecule has 1 aromatic carbocycles. The summed E-state index contributed by atoms with van der Waals surface area (Å²) < 4.78 is 68.5. The number of aliphatic hydroxyl groups is 1. The summed E-state index contributed by atoms with van der Waals surface area (Å²) in [5.74, 6) is -5.64. The van der Waals surface area contributed by atoms with Gasteiger partial charge in [-0.15, -0.1) is 10.2 Å². The Bertz CT molecular complexity index is 1620. The summed E-state index contributed by atoms with van der Waals surface area (Å²) >= 11 is 5.89. The highest BCUT2D eigenvalue weighted by Crippen LogP contribution is 2.49. The second-order valence-corrected chi connectivity index (χ2v) is 9.36. The molecule has 0 aliphatic heterocycles. The van der Waals surface area contributed by atoms with Crippen LogP contribution in [0.15, 0.2) is 53.7 Å². The van der Waals surface area contributed by atoms with Crippen molar-refractivity contribution in [3.8, 4) is 17.1 Å². The Morgan fingerprint density at radius 1 is 1.18 bits per heavy atom. The average molecular weight is 585 g/mol. The van der Waals surface area contributed by atoms with Crippen molar-refractivity contribution in [2.24, 2.45) is 5.92 Å². The molecule has 1 saturated carbocycles. The summed E-state index contributed by atoms with van der Waals surface area (Å²) in [6, 6.07) is 8.82. The molecule has 0 spiro atoms. The van der Waals surface area contributed by atoms with E-state index in [1.54, 1.807) is 0 Å². The number of nitrogens with zero attached hydrogens (tertiary/aromatic N) is 7. The summed E-state index contributed by atoms with van der Waals surface area (Å²) in [5.41, 5.74) is -0.513. The van der Waals surface area contributed by atoms with Gasteiger partial charge < -0.3 is 10.4 Å². The van der Waals surface area contributed by atoms with Crippen LogP contribution in [0.4, 0.5) is 27.8 Å². The van der Waals surface area contributed by atoms with Crippen LogP contribution >= 0.6 is 11.6 Å². The van der Waals surface area contributed by atoms with Crippen LogP contribution in [-0.4, -0.2) is 63.3 Å². The number of carbonyl (C=O) groups excluding carboxylic acids is 1. The van der Waals surface area contributed by atoms with E-state index in [1.165, 1.54) is 53.6 Å². The van der Waals surface area contributed by atoms with Gasteiger partial charge in [0.1, 0.15) is 24.5 Å². The molecule has 3 aromatic heterocycles. The largest absolute Gasteiger partial charge is 0.416 e. The number of benzene rings is 1. The van der Waals surface area contributed by atoms with Crippen molar-refractivity contribution in [3.63, 3.8) is 0 Å². The Morgan fingerprint density at radius 2 is 1.88 bits per heavy atom. The molecule has 0 radical (unpaired) electrons. The first-order chi connectivity index (χ1) is 18.8. The summed E-state index contributed by atoms with van der Waals surface area (Å²) in [7, 11) is 0. The van der Waals surface area contributed by atoms with Crippen molar-refractivity contribution < 1.29 is 31.9 Å². The molecule has 0 saturated heterocycles. The lowest BCUT2D eigenvalue weighted by Gasteiger charge is -2.15. The van der Waals surface area contributed by atoms with Gasteiger partial charge >= 0.3 is 11.9 Å². The molecule has 3 heterocycles. The highest BCUT2D eigenvalue weighted by Gasteiger charge is 2.61. The standard InChI is InChI=1S/C23H18ClF5N8O3/c24-13-5-3-12(4-6-13)19-34-36(21(40)35(19)9-16(38)23(27,28)29)10-17-31-11-37(33-17)15-2-1-7-30-18(15)32-20(39)14-8-22(14,25)26/h1-7,11,14,16,38H,8-10H2,(H,30,32,39). The highest BCUT2D eigenvalue weighted by atomic mass is 35.5. The number of aliphatic hydroxyl groups excluding tert-OH is 1. The molecule has 1 aliphatic rings. The summed E-state index contributed by atoms with van der Waals surface area (Å²) in [6.45, 7) is -1.49. The molecule has 210 valence electrons. The van der Waals surface area contributed by atoms with Gasteiger partial charge in [0.15, 0.2) is 23.6 Å². The fraction of sp³-hybridized carbons (Fsp3) is 0.304. The van der Waals surface area contributed by atoms with E-state index in [0.29, 0.717) is 9.59 Å². The second kappa shape index (κ2) is 10.1. The van der Waals surface area contributed by atoms with Gasteiger partial charge in [0.05, 0.1) is 6.54 Å². The molecule has 5 rings (SSSR count).